The van der Waals surface area contributed by atoms with Gasteiger partial charge in [0.15, 0.2) is 0 Å². The maximum absolute atomic E-state index is 6.47. The molecule has 0 radical (unpaired) electrons. The number of hydrogen-bond donors (Lipinski definition) is 1. The molecule has 2 aromatic heterocycles. The molecule has 1 N–H and O–H groups in total. The van der Waals surface area contributed by atoms with Gasteiger partial charge in [0.1, 0.15) is 5.76 Å². The molecule has 116 valence electrons. The number of hydrogen-bond acceptors (Lipinski definition) is 3. The quantitative estimate of drug-likeness (QED) is 0.845. The molecule has 0 amide bonds. The first kappa shape index (κ1) is 16.1. The second kappa shape index (κ2) is 7.14. The van der Waals surface area contributed by atoms with E-state index in [1.807, 2.05) is 24.7 Å². The Morgan fingerprint density at radius 3 is 2.71 bits per heavy atom. The summed E-state index contributed by atoms with van der Waals surface area (Å²) in [6.45, 7) is 7.20. The van der Waals surface area contributed by atoms with Crippen molar-refractivity contribution >= 4 is 11.6 Å². The second-order valence-corrected chi connectivity index (χ2v) is 5.71. The molecule has 0 spiro atoms. The van der Waals surface area contributed by atoms with Crippen LogP contribution >= 0.6 is 11.6 Å². The van der Waals surface area contributed by atoms with E-state index in [1.165, 1.54) is 5.56 Å². The molecule has 5 heteroatoms. The molecule has 0 fully saturated rings. The van der Waals surface area contributed by atoms with Crippen molar-refractivity contribution < 1.29 is 4.42 Å². The zero-order chi connectivity index (χ0) is 15.4. The zero-order valence-corrected chi connectivity index (χ0v) is 14.0. The fourth-order valence-electron chi connectivity index (χ4n) is 2.60. The normalized spacial score (nSPS) is 12.8. The van der Waals surface area contributed by atoms with Crippen LogP contribution in [0.25, 0.3) is 0 Å². The van der Waals surface area contributed by atoms with Gasteiger partial charge in [0.2, 0.25) is 0 Å². The second-order valence-electron chi connectivity index (χ2n) is 5.33. The molecule has 0 aliphatic rings. The Labute approximate surface area is 131 Å². The molecule has 0 aromatic carbocycles. The molecule has 21 heavy (non-hydrogen) atoms. The number of nitrogens with one attached hydrogen (secondary N) is 1. The maximum atomic E-state index is 6.47. The Morgan fingerprint density at radius 1 is 1.43 bits per heavy atom. The maximum Gasteiger partial charge on any atom is 0.105 e. The number of rotatable bonds is 7. The number of nitrogens with zero attached hydrogens (tertiary/aromatic N) is 2. The average Bonchev–Trinajstić information content (AvgIpc) is 3.00. The SMILES string of the molecule is CCCNC(Cc1c(Cl)c(CC)nn1C)c1ccoc1C. The highest BCUT2D eigenvalue weighted by molar-refractivity contribution is 6.31. The minimum atomic E-state index is 0.196. The van der Waals surface area contributed by atoms with E-state index in [9.17, 15) is 0 Å². The van der Waals surface area contributed by atoms with Gasteiger partial charge >= 0.3 is 0 Å². The van der Waals surface area contributed by atoms with E-state index < -0.39 is 0 Å². The Balaban J connectivity index is 2.27. The van der Waals surface area contributed by atoms with Crippen molar-refractivity contribution in [2.24, 2.45) is 7.05 Å². The van der Waals surface area contributed by atoms with Gasteiger partial charge in [-0.3, -0.25) is 4.68 Å². The molecular weight excluding hydrogens is 286 g/mol. The van der Waals surface area contributed by atoms with E-state index in [4.69, 9.17) is 16.0 Å². The van der Waals surface area contributed by atoms with E-state index >= 15 is 0 Å². The van der Waals surface area contributed by atoms with Crippen molar-refractivity contribution in [1.82, 2.24) is 15.1 Å². The molecule has 0 saturated heterocycles. The number of furan rings is 1. The van der Waals surface area contributed by atoms with E-state index in [0.29, 0.717) is 0 Å². The fourth-order valence-corrected chi connectivity index (χ4v) is 2.97. The Hall–Kier alpha value is -1.26. The first-order valence-corrected chi connectivity index (χ1v) is 7.93. The lowest BCUT2D eigenvalue weighted by Crippen LogP contribution is -2.25. The highest BCUT2D eigenvalue weighted by atomic mass is 35.5. The van der Waals surface area contributed by atoms with Gasteiger partial charge in [-0.25, -0.2) is 0 Å². The minimum Gasteiger partial charge on any atom is -0.469 e. The minimum absolute atomic E-state index is 0.196. The van der Waals surface area contributed by atoms with Gasteiger partial charge in [-0.1, -0.05) is 25.4 Å². The van der Waals surface area contributed by atoms with Gasteiger partial charge in [0.05, 0.1) is 22.7 Å². The smallest absolute Gasteiger partial charge is 0.105 e. The van der Waals surface area contributed by atoms with Crippen LogP contribution in [-0.4, -0.2) is 16.3 Å². The Kier molecular flexibility index (Phi) is 5.48. The van der Waals surface area contributed by atoms with Crippen molar-refractivity contribution in [2.45, 2.75) is 46.1 Å². The molecular formula is C16H24ClN3O. The molecule has 2 heterocycles. The lowest BCUT2D eigenvalue weighted by Gasteiger charge is -2.18. The average molecular weight is 310 g/mol. The molecule has 2 aromatic rings. The van der Waals surface area contributed by atoms with Crippen LogP contribution in [0.3, 0.4) is 0 Å². The number of aromatic nitrogens is 2. The molecule has 1 unspecified atom stereocenters. The van der Waals surface area contributed by atoms with E-state index in [-0.39, 0.29) is 6.04 Å². The summed E-state index contributed by atoms with van der Waals surface area (Å²) in [5, 5.41) is 8.88. The molecule has 4 nitrogen and oxygen atoms in total. The van der Waals surface area contributed by atoms with Crippen LogP contribution < -0.4 is 5.32 Å². The van der Waals surface area contributed by atoms with Gasteiger partial charge in [0.25, 0.3) is 0 Å². The third kappa shape index (κ3) is 3.50. The van der Waals surface area contributed by atoms with Crippen molar-refractivity contribution in [1.29, 1.82) is 0 Å². The summed E-state index contributed by atoms with van der Waals surface area (Å²) in [5.41, 5.74) is 3.23. The predicted octanol–water partition coefficient (Wildman–Crippen LogP) is 3.82. The van der Waals surface area contributed by atoms with Crippen molar-refractivity contribution in [3.8, 4) is 0 Å². The first-order valence-electron chi connectivity index (χ1n) is 7.56. The van der Waals surface area contributed by atoms with Crippen molar-refractivity contribution in [2.75, 3.05) is 6.54 Å². The van der Waals surface area contributed by atoms with E-state index in [1.54, 1.807) is 6.26 Å². The lowest BCUT2D eigenvalue weighted by molar-refractivity contribution is 0.485. The van der Waals surface area contributed by atoms with Gasteiger partial charge < -0.3 is 9.73 Å². The summed E-state index contributed by atoms with van der Waals surface area (Å²) in [4.78, 5) is 0. The van der Waals surface area contributed by atoms with Crippen molar-refractivity contribution in [3.63, 3.8) is 0 Å². The van der Waals surface area contributed by atoms with Crippen LogP contribution in [0.2, 0.25) is 5.02 Å². The summed E-state index contributed by atoms with van der Waals surface area (Å²) in [5.74, 6) is 0.956. The van der Waals surface area contributed by atoms with Gasteiger partial charge in [-0.2, -0.15) is 5.10 Å². The largest absolute Gasteiger partial charge is 0.469 e. The third-order valence-electron chi connectivity index (χ3n) is 3.82. The highest BCUT2D eigenvalue weighted by Gasteiger charge is 2.21. The van der Waals surface area contributed by atoms with Crippen LogP contribution in [0.5, 0.6) is 0 Å². The van der Waals surface area contributed by atoms with Crippen molar-refractivity contribution in [3.05, 3.63) is 40.1 Å². The lowest BCUT2D eigenvalue weighted by atomic mass is 10.0. The van der Waals surface area contributed by atoms with Crippen LogP contribution in [0.15, 0.2) is 16.7 Å². The van der Waals surface area contributed by atoms with E-state index in [0.717, 1.165) is 48.0 Å². The van der Waals surface area contributed by atoms with Crippen LogP contribution in [0, 0.1) is 6.92 Å². The van der Waals surface area contributed by atoms with Gasteiger partial charge in [-0.05, 0) is 32.4 Å². The first-order chi connectivity index (χ1) is 10.1. The Bertz CT molecular complexity index is 588. The number of aryl methyl sites for hydroxylation is 3. The summed E-state index contributed by atoms with van der Waals surface area (Å²) in [6, 6.07) is 2.23. The summed E-state index contributed by atoms with van der Waals surface area (Å²) >= 11 is 6.47. The predicted molar refractivity (Wildman–Crippen MR) is 85.8 cm³/mol. The molecule has 0 aliphatic heterocycles. The summed E-state index contributed by atoms with van der Waals surface area (Å²) in [7, 11) is 1.96. The van der Waals surface area contributed by atoms with Gasteiger partial charge in [0, 0.05) is 25.1 Å². The van der Waals surface area contributed by atoms with Crippen LogP contribution in [-0.2, 0) is 19.9 Å². The molecule has 0 saturated carbocycles. The third-order valence-corrected chi connectivity index (χ3v) is 4.25. The molecule has 0 bridgehead atoms. The zero-order valence-electron chi connectivity index (χ0n) is 13.2. The highest BCUT2D eigenvalue weighted by Crippen LogP contribution is 2.28. The topological polar surface area (TPSA) is 43.0 Å². The Morgan fingerprint density at radius 2 is 2.19 bits per heavy atom. The standard InChI is InChI=1S/C16H24ClN3O/c1-5-8-18-14(12-7-9-21-11(12)3)10-15-16(17)13(6-2)19-20(15)4/h7,9,14,18H,5-6,8,10H2,1-4H3. The van der Waals surface area contributed by atoms with E-state index in [2.05, 4.69) is 24.3 Å². The monoisotopic (exact) mass is 309 g/mol. The summed E-state index contributed by atoms with van der Waals surface area (Å²) in [6.07, 6.45) is 4.49. The van der Waals surface area contributed by atoms with Gasteiger partial charge in [-0.15, -0.1) is 0 Å². The van der Waals surface area contributed by atoms with Crippen LogP contribution in [0.1, 0.15) is 49.0 Å². The molecule has 2 rings (SSSR count). The molecule has 0 aliphatic carbocycles. The summed E-state index contributed by atoms with van der Waals surface area (Å²) < 4.78 is 7.35. The fraction of sp³-hybridized carbons (Fsp3) is 0.562. The number of halogens is 1. The van der Waals surface area contributed by atoms with Crippen LogP contribution in [0.4, 0.5) is 0 Å². The molecule has 1 atom stereocenters.